The van der Waals surface area contributed by atoms with E-state index in [1.54, 1.807) is 0 Å². The summed E-state index contributed by atoms with van der Waals surface area (Å²) in [7, 11) is 0. The molecule has 41 heavy (non-hydrogen) atoms. The van der Waals surface area contributed by atoms with Gasteiger partial charge in [-0.05, 0) is 71.6 Å². The van der Waals surface area contributed by atoms with Crippen LogP contribution in [0.5, 0.6) is 0 Å². The molecule has 2 aliphatic heterocycles. The topological polar surface area (TPSA) is 61.9 Å². The van der Waals surface area contributed by atoms with Crippen LogP contribution in [0.25, 0.3) is 33.1 Å². The molecule has 0 saturated heterocycles. The summed E-state index contributed by atoms with van der Waals surface area (Å²) < 4.78 is 13.4. The smallest absolute Gasteiger partial charge is 0.348 e. The van der Waals surface area contributed by atoms with Crippen LogP contribution in [0.15, 0.2) is 103 Å². The van der Waals surface area contributed by atoms with Crippen LogP contribution < -0.4 is 20.7 Å². The largest absolute Gasteiger partial charge is 0.439 e. The van der Waals surface area contributed by atoms with E-state index in [2.05, 4.69) is 79.6 Å². The molecule has 0 fully saturated rings. The van der Waals surface area contributed by atoms with Gasteiger partial charge in [-0.15, -0.1) is 0 Å². The molecular formula is C34H26BrN3O3. The van der Waals surface area contributed by atoms with Gasteiger partial charge in [-0.3, -0.25) is 0 Å². The molecule has 2 aromatic heterocycles. The van der Waals surface area contributed by atoms with Crippen LogP contribution in [0.2, 0.25) is 0 Å². The second kappa shape index (κ2) is 9.28. The Morgan fingerprint density at radius 3 is 2.41 bits per heavy atom. The van der Waals surface area contributed by atoms with Crippen LogP contribution in [0.3, 0.4) is 0 Å². The van der Waals surface area contributed by atoms with Gasteiger partial charge in [-0.25, -0.2) is 4.79 Å². The summed E-state index contributed by atoms with van der Waals surface area (Å²) in [5.74, 6) is 0.567. The molecule has 0 saturated carbocycles. The van der Waals surface area contributed by atoms with E-state index in [4.69, 9.17) is 8.83 Å². The number of aryl methyl sites for hydroxylation is 1. The molecule has 4 aromatic carbocycles. The third-order valence-electron chi connectivity index (χ3n) is 8.15. The van der Waals surface area contributed by atoms with Crippen LogP contribution in [-0.2, 0) is 19.6 Å². The fourth-order valence-electron chi connectivity index (χ4n) is 6.26. The monoisotopic (exact) mass is 603 g/mol. The lowest BCUT2D eigenvalue weighted by atomic mass is 9.96. The second-order valence-corrected chi connectivity index (χ2v) is 11.8. The molecule has 6 nitrogen and oxygen atoms in total. The van der Waals surface area contributed by atoms with E-state index < -0.39 is 5.63 Å². The molecule has 8 rings (SSSR count). The van der Waals surface area contributed by atoms with Crippen molar-refractivity contribution in [1.82, 2.24) is 0 Å². The van der Waals surface area contributed by atoms with Crippen LogP contribution >= 0.6 is 15.9 Å². The number of benzene rings is 4. The number of furan rings is 1. The van der Waals surface area contributed by atoms with Crippen LogP contribution in [0, 0.1) is 6.92 Å². The van der Waals surface area contributed by atoms with E-state index in [1.165, 1.54) is 22.5 Å². The van der Waals surface area contributed by atoms with Crippen molar-refractivity contribution in [3.8, 4) is 11.1 Å². The van der Waals surface area contributed by atoms with Gasteiger partial charge in [0.1, 0.15) is 11.0 Å². The normalized spacial score (nSPS) is 13.9. The first kappa shape index (κ1) is 24.3. The highest BCUT2D eigenvalue weighted by atomic mass is 79.9. The number of halogens is 1. The molecule has 6 aromatic rings. The number of hydrogen-bond acceptors (Lipinski definition) is 6. The number of nitrogens with zero attached hydrogens (tertiary/aromatic N) is 2. The Labute approximate surface area is 244 Å². The Hall–Kier alpha value is -4.49. The molecule has 2 aliphatic rings. The van der Waals surface area contributed by atoms with Gasteiger partial charge in [-0.1, -0.05) is 64.0 Å². The maximum Gasteiger partial charge on any atom is 0.348 e. The number of anilines is 3. The highest BCUT2D eigenvalue weighted by molar-refractivity contribution is 9.10. The van der Waals surface area contributed by atoms with Gasteiger partial charge >= 0.3 is 5.63 Å². The lowest BCUT2D eigenvalue weighted by molar-refractivity contribution is 0.565. The van der Waals surface area contributed by atoms with E-state index in [0.29, 0.717) is 29.0 Å². The summed E-state index contributed by atoms with van der Waals surface area (Å²) in [6.45, 7) is 5.08. The Morgan fingerprint density at radius 1 is 0.854 bits per heavy atom. The first-order chi connectivity index (χ1) is 20.0. The van der Waals surface area contributed by atoms with Crippen molar-refractivity contribution in [2.24, 2.45) is 0 Å². The highest BCUT2D eigenvalue weighted by Crippen LogP contribution is 2.44. The van der Waals surface area contributed by atoms with Gasteiger partial charge in [0, 0.05) is 35.5 Å². The molecule has 4 heterocycles. The average Bonchev–Trinajstić information content (AvgIpc) is 3.37. The SMILES string of the molecule is Cc1ccc2oc(=O)c3c(-c4ccc5c(c4)CN4CN5Cc5cc(Br)ccc54)c(NCc4ccccc4)oc3c2c1. The quantitative estimate of drug-likeness (QED) is 0.205. The number of rotatable bonds is 4. The predicted molar refractivity (Wildman–Crippen MR) is 168 cm³/mol. The number of hydrogen-bond donors (Lipinski definition) is 1. The second-order valence-electron chi connectivity index (χ2n) is 10.9. The predicted octanol–water partition coefficient (Wildman–Crippen LogP) is 8.19. The zero-order chi connectivity index (χ0) is 27.7. The molecule has 7 heteroatoms. The molecule has 202 valence electrons. The summed E-state index contributed by atoms with van der Waals surface area (Å²) in [6, 6.07) is 29.0. The zero-order valence-corrected chi connectivity index (χ0v) is 24.0. The van der Waals surface area contributed by atoms with Gasteiger partial charge in [0.2, 0.25) is 5.88 Å². The molecule has 0 amide bonds. The van der Waals surface area contributed by atoms with Crippen molar-refractivity contribution in [3.63, 3.8) is 0 Å². The first-order valence-corrected chi connectivity index (χ1v) is 14.5. The Bertz CT molecular complexity index is 2050. The summed E-state index contributed by atoms with van der Waals surface area (Å²) in [5, 5.41) is 4.75. The highest BCUT2D eigenvalue weighted by Gasteiger charge is 2.30. The molecule has 0 radical (unpaired) electrons. The van der Waals surface area contributed by atoms with Gasteiger partial charge in [-0.2, -0.15) is 0 Å². The summed E-state index contributed by atoms with van der Waals surface area (Å²) in [6.07, 6.45) is 0. The third kappa shape index (κ3) is 4.03. The minimum Gasteiger partial charge on any atom is -0.439 e. The molecule has 0 unspecified atom stereocenters. The molecule has 0 atom stereocenters. The van der Waals surface area contributed by atoms with Crippen LogP contribution in [0.4, 0.5) is 17.3 Å². The minimum atomic E-state index is -0.399. The lowest BCUT2D eigenvalue weighted by Crippen LogP contribution is -2.46. The van der Waals surface area contributed by atoms with E-state index in [1.807, 2.05) is 43.3 Å². The van der Waals surface area contributed by atoms with Gasteiger partial charge in [0.05, 0.1) is 17.6 Å². The third-order valence-corrected chi connectivity index (χ3v) is 8.64. The summed E-state index contributed by atoms with van der Waals surface area (Å²) >= 11 is 3.63. The van der Waals surface area contributed by atoms with Crippen molar-refractivity contribution in [2.45, 2.75) is 26.6 Å². The van der Waals surface area contributed by atoms with E-state index in [-0.39, 0.29) is 0 Å². The van der Waals surface area contributed by atoms with Crippen LogP contribution in [-0.4, -0.2) is 6.67 Å². The van der Waals surface area contributed by atoms with Crippen molar-refractivity contribution in [1.29, 1.82) is 0 Å². The molecule has 0 aliphatic carbocycles. The Kier molecular flexibility index (Phi) is 5.50. The summed E-state index contributed by atoms with van der Waals surface area (Å²) in [4.78, 5) is 18.3. The van der Waals surface area contributed by atoms with Gasteiger partial charge in [0.25, 0.3) is 0 Å². The molecule has 1 N–H and O–H groups in total. The number of nitrogens with one attached hydrogen (secondary N) is 1. The van der Waals surface area contributed by atoms with E-state index >= 15 is 0 Å². The first-order valence-electron chi connectivity index (χ1n) is 13.7. The van der Waals surface area contributed by atoms with E-state index in [0.717, 1.165) is 51.9 Å². The maximum atomic E-state index is 13.5. The van der Waals surface area contributed by atoms with E-state index in [9.17, 15) is 4.79 Å². The maximum absolute atomic E-state index is 13.5. The van der Waals surface area contributed by atoms with Gasteiger partial charge in [0.15, 0.2) is 5.58 Å². The fourth-order valence-corrected chi connectivity index (χ4v) is 6.67. The fraction of sp³-hybridized carbons (Fsp3) is 0.147. The molecular weight excluding hydrogens is 578 g/mol. The zero-order valence-electron chi connectivity index (χ0n) is 22.4. The molecule has 0 spiro atoms. The van der Waals surface area contributed by atoms with Crippen LogP contribution in [0.1, 0.15) is 22.3 Å². The van der Waals surface area contributed by atoms with Crippen molar-refractivity contribution in [3.05, 3.63) is 122 Å². The van der Waals surface area contributed by atoms with Crippen molar-refractivity contribution >= 4 is 55.1 Å². The van der Waals surface area contributed by atoms with Gasteiger partial charge < -0.3 is 24.0 Å². The average molecular weight is 605 g/mol. The number of fused-ring (bicyclic) bond motifs is 9. The lowest BCUT2D eigenvalue weighted by Gasteiger charge is -2.45. The standard InChI is InChI=1S/C34H26BrN3O3/c1-20-7-12-29-26(13-20)32-31(34(39)40-29)30(33(41-32)36-16-21-5-3-2-4-6-21)22-8-10-27-23(14-22)17-37-19-38(27)18-24-15-25(35)9-11-28(24)37/h2-15,36H,16-19H2,1H3. The Morgan fingerprint density at radius 2 is 1.61 bits per heavy atom. The summed E-state index contributed by atoms with van der Waals surface area (Å²) in [5.41, 5.74) is 9.54. The minimum absolute atomic E-state index is 0.399. The molecule has 2 bridgehead atoms. The van der Waals surface area contributed by atoms with Crippen molar-refractivity contribution in [2.75, 3.05) is 21.8 Å². The van der Waals surface area contributed by atoms with Crippen molar-refractivity contribution < 1.29 is 8.83 Å². The Balaban J connectivity index is 1.28.